The van der Waals surface area contributed by atoms with Gasteiger partial charge in [-0.3, -0.25) is 9.59 Å². The molecule has 8 heteroatoms. The summed E-state index contributed by atoms with van der Waals surface area (Å²) in [6.07, 6.45) is 0.724. The average Bonchev–Trinajstić information content (AvgIpc) is 2.66. The van der Waals surface area contributed by atoms with Crippen LogP contribution in [0, 0.1) is 5.82 Å². The van der Waals surface area contributed by atoms with Gasteiger partial charge in [-0.25, -0.2) is 9.37 Å². The largest absolute Gasteiger partial charge is 0.481 e. The summed E-state index contributed by atoms with van der Waals surface area (Å²) in [4.78, 5) is 31.6. The van der Waals surface area contributed by atoms with Crippen molar-refractivity contribution in [1.82, 2.24) is 15.3 Å². The Morgan fingerprint density at radius 2 is 2.11 bits per heavy atom. The number of nitrogen functional groups attached to an aromatic ring is 1. The topological polar surface area (TPSA) is 110 Å². The van der Waals surface area contributed by atoms with E-state index in [1.54, 1.807) is 18.2 Å². The van der Waals surface area contributed by atoms with E-state index in [0.29, 0.717) is 23.0 Å². The molecule has 27 heavy (non-hydrogen) atoms. The first-order chi connectivity index (χ1) is 13.0. The van der Waals surface area contributed by atoms with Crippen molar-refractivity contribution in [1.29, 1.82) is 0 Å². The van der Waals surface area contributed by atoms with E-state index in [4.69, 9.17) is 10.5 Å². The molecular weight excluding hydrogens is 351 g/mol. The molecule has 0 bridgehead atoms. The maximum Gasteiger partial charge on any atom is 0.263 e. The molecule has 0 saturated heterocycles. The van der Waals surface area contributed by atoms with E-state index in [9.17, 15) is 14.0 Å². The highest BCUT2D eigenvalue weighted by molar-refractivity contribution is 6.08. The zero-order valence-electron chi connectivity index (χ0n) is 14.9. The number of nitrogens with one attached hydrogen (secondary N) is 2. The zero-order valence-corrected chi connectivity index (χ0v) is 14.9. The number of methoxy groups -OCH3 is 1. The Kier molecular flexibility index (Phi) is 5.07. The number of halogens is 1. The van der Waals surface area contributed by atoms with Crippen molar-refractivity contribution in [3.63, 3.8) is 0 Å². The van der Waals surface area contributed by atoms with Crippen LogP contribution >= 0.6 is 0 Å². The van der Waals surface area contributed by atoms with Gasteiger partial charge in [0.25, 0.3) is 11.5 Å². The molecule has 0 spiro atoms. The van der Waals surface area contributed by atoms with Crippen LogP contribution in [0.2, 0.25) is 0 Å². The number of fused-ring (bicyclic) bond motifs is 1. The Bertz CT molecular complexity index is 1080. The highest BCUT2D eigenvalue weighted by Crippen LogP contribution is 2.31. The zero-order chi connectivity index (χ0) is 19.6. The summed E-state index contributed by atoms with van der Waals surface area (Å²) >= 11 is 0. The second-order valence-electron chi connectivity index (χ2n) is 5.91. The van der Waals surface area contributed by atoms with Crippen molar-refractivity contribution in [3.8, 4) is 17.1 Å². The summed E-state index contributed by atoms with van der Waals surface area (Å²) in [5.41, 5.74) is 5.99. The smallest absolute Gasteiger partial charge is 0.263 e. The molecule has 0 aliphatic rings. The SMILES string of the molecule is CCCNC(=O)c1c(N)c2cccc(-c3nc(OC)ccc3F)c2[nH]c1=O. The lowest BCUT2D eigenvalue weighted by molar-refractivity contribution is 0.0953. The van der Waals surface area contributed by atoms with E-state index in [2.05, 4.69) is 15.3 Å². The monoisotopic (exact) mass is 370 g/mol. The fourth-order valence-corrected chi connectivity index (χ4v) is 2.82. The Morgan fingerprint density at radius 3 is 2.81 bits per heavy atom. The summed E-state index contributed by atoms with van der Waals surface area (Å²) in [6.45, 7) is 2.32. The molecule has 0 radical (unpaired) electrons. The van der Waals surface area contributed by atoms with Crippen LogP contribution < -0.4 is 21.3 Å². The fraction of sp³-hybridized carbons (Fsp3) is 0.211. The minimum Gasteiger partial charge on any atom is -0.481 e. The molecule has 7 nitrogen and oxygen atoms in total. The highest BCUT2D eigenvalue weighted by atomic mass is 19.1. The lowest BCUT2D eigenvalue weighted by atomic mass is 10.0. The fourth-order valence-electron chi connectivity index (χ4n) is 2.82. The van der Waals surface area contributed by atoms with Crippen molar-refractivity contribution in [3.05, 3.63) is 52.1 Å². The minimum absolute atomic E-state index is 0.0122. The molecule has 0 aliphatic carbocycles. The third-order valence-electron chi connectivity index (χ3n) is 4.14. The van der Waals surface area contributed by atoms with Gasteiger partial charge in [0.15, 0.2) is 0 Å². The molecule has 2 heterocycles. The first kappa shape index (κ1) is 18.4. The van der Waals surface area contributed by atoms with Gasteiger partial charge in [0.05, 0.1) is 18.3 Å². The number of carbonyl (C=O) groups is 1. The molecule has 1 aromatic carbocycles. The van der Waals surface area contributed by atoms with E-state index in [0.717, 1.165) is 6.42 Å². The van der Waals surface area contributed by atoms with E-state index in [-0.39, 0.29) is 22.8 Å². The molecule has 1 amide bonds. The maximum absolute atomic E-state index is 14.4. The number of para-hydroxylation sites is 1. The first-order valence-electron chi connectivity index (χ1n) is 8.41. The molecule has 4 N–H and O–H groups in total. The number of nitrogens with two attached hydrogens (primary N) is 1. The molecule has 0 unspecified atom stereocenters. The lowest BCUT2D eigenvalue weighted by Gasteiger charge is -2.12. The van der Waals surface area contributed by atoms with Crippen LogP contribution in [-0.2, 0) is 0 Å². The number of hydrogen-bond acceptors (Lipinski definition) is 5. The number of rotatable bonds is 5. The van der Waals surface area contributed by atoms with Gasteiger partial charge < -0.3 is 20.8 Å². The standard InChI is InChI=1S/C19H19FN4O3/c1-3-9-22-18(25)14-15(21)10-5-4-6-11(16(10)24-19(14)26)17-12(20)7-8-13(23-17)27-2/h4-8H,3,9H2,1-2H3,(H,22,25)(H3,21,24,26). The number of hydrogen-bond donors (Lipinski definition) is 3. The summed E-state index contributed by atoms with van der Waals surface area (Å²) in [6, 6.07) is 7.55. The number of anilines is 1. The number of carbonyl (C=O) groups excluding carboxylic acids is 1. The summed E-state index contributed by atoms with van der Waals surface area (Å²) in [5, 5.41) is 3.07. The van der Waals surface area contributed by atoms with Gasteiger partial charge in [-0.05, 0) is 12.5 Å². The third-order valence-corrected chi connectivity index (χ3v) is 4.14. The lowest BCUT2D eigenvalue weighted by Crippen LogP contribution is -2.31. The predicted molar refractivity (Wildman–Crippen MR) is 101 cm³/mol. The van der Waals surface area contributed by atoms with Crippen molar-refractivity contribution in [2.24, 2.45) is 0 Å². The normalized spacial score (nSPS) is 10.8. The Balaban J connectivity index is 2.24. The molecule has 3 aromatic rings. The second-order valence-corrected chi connectivity index (χ2v) is 5.91. The van der Waals surface area contributed by atoms with Gasteiger partial charge in [0.2, 0.25) is 5.88 Å². The van der Waals surface area contributed by atoms with Crippen molar-refractivity contribution in [2.45, 2.75) is 13.3 Å². The number of H-pyrrole nitrogens is 1. The molecule has 0 fully saturated rings. The van der Waals surface area contributed by atoms with Crippen molar-refractivity contribution >= 4 is 22.5 Å². The molecule has 0 saturated carbocycles. The first-order valence-corrected chi connectivity index (χ1v) is 8.41. The Labute approximate surface area is 154 Å². The summed E-state index contributed by atoms with van der Waals surface area (Å²) < 4.78 is 19.4. The van der Waals surface area contributed by atoms with E-state index < -0.39 is 17.3 Å². The van der Waals surface area contributed by atoms with E-state index in [1.165, 1.54) is 19.2 Å². The van der Waals surface area contributed by atoms with E-state index in [1.807, 2.05) is 6.92 Å². The minimum atomic E-state index is -0.649. The summed E-state index contributed by atoms with van der Waals surface area (Å²) in [5.74, 6) is -0.893. The van der Waals surface area contributed by atoms with Crippen LogP contribution in [-0.4, -0.2) is 29.5 Å². The molecule has 0 aliphatic heterocycles. The number of aromatic amines is 1. The van der Waals surface area contributed by atoms with Gasteiger partial charge in [0, 0.05) is 23.6 Å². The number of benzene rings is 1. The van der Waals surface area contributed by atoms with Gasteiger partial charge in [-0.1, -0.05) is 25.1 Å². The van der Waals surface area contributed by atoms with Gasteiger partial charge in [0.1, 0.15) is 17.1 Å². The Morgan fingerprint density at radius 1 is 1.33 bits per heavy atom. The number of nitrogens with zero attached hydrogens (tertiary/aromatic N) is 1. The van der Waals surface area contributed by atoms with Gasteiger partial charge in [-0.2, -0.15) is 0 Å². The van der Waals surface area contributed by atoms with Crippen LogP contribution in [0.25, 0.3) is 22.2 Å². The number of ether oxygens (including phenoxy) is 1. The van der Waals surface area contributed by atoms with Crippen molar-refractivity contribution in [2.75, 3.05) is 19.4 Å². The highest BCUT2D eigenvalue weighted by Gasteiger charge is 2.20. The quantitative estimate of drug-likeness (QED) is 0.639. The maximum atomic E-state index is 14.4. The van der Waals surface area contributed by atoms with Gasteiger partial charge in [-0.15, -0.1) is 0 Å². The van der Waals surface area contributed by atoms with Crippen LogP contribution in [0.1, 0.15) is 23.7 Å². The molecule has 0 atom stereocenters. The molecule has 140 valence electrons. The Hall–Kier alpha value is -3.42. The number of aromatic nitrogens is 2. The number of amides is 1. The van der Waals surface area contributed by atoms with E-state index >= 15 is 0 Å². The van der Waals surface area contributed by atoms with Gasteiger partial charge >= 0.3 is 0 Å². The van der Waals surface area contributed by atoms with Crippen LogP contribution in [0.3, 0.4) is 0 Å². The predicted octanol–water partition coefficient (Wildman–Crippen LogP) is 2.46. The van der Waals surface area contributed by atoms with Crippen LogP contribution in [0.4, 0.5) is 10.1 Å². The third kappa shape index (κ3) is 3.33. The second kappa shape index (κ2) is 7.45. The molecule has 2 aromatic heterocycles. The van der Waals surface area contributed by atoms with Crippen molar-refractivity contribution < 1.29 is 13.9 Å². The molecular formula is C19H19FN4O3. The summed E-state index contributed by atoms with van der Waals surface area (Å²) in [7, 11) is 1.42. The number of pyridine rings is 2. The van der Waals surface area contributed by atoms with Crippen LogP contribution in [0.5, 0.6) is 5.88 Å². The van der Waals surface area contributed by atoms with Crippen LogP contribution in [0.15, 0.2) is 35.1 Å². The average molecular weight is 370 g/mol. The molecule has 3 rings (SSSR count).